The van der Waals surface area contributed by atoms with Crippen LogP contribution in [0, 0.1) is 11.6 Å². The Kier molecular flexibility index (Phi) is 3.98. The number of aliphatic hydroxyl groups is 1. The number of hydrogen-bond acceptors (Lipinski definition) is 4. The summed E-state index contributed by atoms with van der Waals surface area (Å²) in [6.07, 6.45) is 0. The van der Waals surface area contributed by atoms with Crippen molar-refractivity contribution in [1.82, 2.24) is 4.98 Å². The van der Waals surface area contributed by atoms with E-state index in [9.17, 15) is 8.78 Å². The van der Waals surface area contributed by atoms with Gasteiger partial charge in [-0.1, -0.05) is 23.4 Å². The Morgan fingerprint density at radius 2 is 2.12 bits per heavy atom. The van der Waals surface area contributed by atoms with Crippen LogP contribution in [0.25, 0.3) is 0 Å². The highest BCUT2D eigenvalue weighted by atomic mass is 35.5. The topological polar surface area (TPSA) is 33.1 Å². The first kappa shape index (κ1) is 12.8. The lowest BCUT2D eigenvalue weighted by molar-refractivity contribution is 0.285. The molecule has 0 unspecified atom stereocenters. The standard InChI is InChI=1S/C10H6ClF2NOS2/c11-9-8(4-15)17-10(14-9)16-5-1-2-6(12)7(13)3-5/h1-3,15H,4H2. The van der Waals surface area contributed by atoms with Crippen LogP contribution in [0.3, 0.4) is 0 Å². The predicted octanol–water partition coefficient (Wildman–Crippen LogP) is 3.72. The Hall–Kier alpha value is -0.690. The highest BCUT2D eigenvalue weighted by Gasteiger charge is 2.10. The van der Waals surface area contributed by atoms with E-state index in [-0.39, 0.29) is 11.8 Å². The molecule has 2 aromatic rings. The van der Waals surface area contributed by atoms with Gasteiger partial charge in [0.25, 0.3) is 0 Å². The second-order valence-electron chi connectivity index (χ2n) is 3.03. The van der Waals surface area contributed by atoms with Crippen LogP contribution in [0.2, 0.25) is 5.15 Å². The van der Waals surface area contributed by atoms with Crippen LogP contribution in [0.4, 0.5) is 8.78 Å². The van der Waals surface area contributed by atoms with Crippen molar-refractivity contribution < 1.29 is 13.9 Å². The predicted molar refractivity (Wildman–Crippen MR) is 63.5 cm³/mol. The van der Waals surface area contributed by atoms with E-state index in [1.54, 1.807) is 0 Å². The summed E-state index contributed by atoms with van der Waals surface area (Å²) in [5, 5.41) is 9.18. The van der Waals surface area contributed by atoms with Crippen molar-refractivity contribution >= 4 is 34.7 Å². The second kappa shape index (κ2) is 5.30. The number of aromatic nitrogens is 1. The van der Waals surface area contributed by atoms with E-state index in [0.717, 1.165) is 12.1 Å². The Morgan fingerprint density at radius 1 is 1.35 bits per heavy atom. The highest BCUT2D eigenvalue weighted by Crippen LogP contribution is 2.35. The van der Waals surface area contributed by atoms with Gasteiger partial charge in [-0.2, -0.15) is 0 Å². The third-order valence-corrected chi connectivity index (χ3v) is 4.38. The number of thiazole rings is 1. The average molecular weight is 294 g/mol. The monoisotopic (exact) mass is 293 g/mol. The molecule has 1 aromatic carbocycles. The third kappa shape index (κ3) is 2.95. The smallest absolute Gasteiger partial charge is 0.159 e. The minimum Gasteiger partial charge on any atom is -0.391 e. The summed E-state index contributed by atoms with van der Waals surface area (Å²) >= 11 is 8.14. The van der Waals surface area contributed by atoms with Gasteiger partial charge in [0.05, 0.1) is 11.5 Å². The van der Waals surface area contributed by atoms with E-state index in [1.165, 1.54) is 29.2 Å². The summed E-state index contributed by atoms with van der Waals surface area (Å²) in [6, 6.07) is 3.60. The quantitative estimate of drug-likeness (QED) is 0.936. The number of halogens is 3. The van der Waals surface area contributed by atoms with Crippen molar-refractivity contribution in [2.24, 2.45) is 0 Å². The number of rotatable bonds is 3. The lowest BCUT2D eigenvalue weighted by Gasteiger charge is -1.98. The van der Waals surface area contributed by atoms with Gasteiger partial charge in [0.2, 0.25) is 0 Å². The summed E-state index contributed by atoms with van der Waals surface area (Å²) in [7, 11) is 0. The van der Waals surface area contributed by atoms with Crippen LogP contribution in [0.15, 0.2) is 27.4 Å². The maximum atomic E-state index is 13.0. The molecule has 0 radical (unpaired) electrons. The number of hydrogen-bond donors (Lipinski definition) is 1. The first-order valence-electron chi connectivity index (χ1n) is 4.49. The van der Waals surface area contributed by atoms with Crippen LogP contribution in [0.1, 0.15) is 4.88 Å². The molecule has 17 heavy (non-hydrogen) atoms. The molecule has 2 nitrogen and oxygen atoms in total. The van der Waals surface area contributed by atoms with Crippen molar-refractivity contribution in [3.8, 4) is 0 Å². The van der Waals surface area contributed by atoms with Crippen molar-refractivity contribution in [1.29, 1.82) is 0 Å². The number of nitrogens with zero attached hydrogens (tertiary/aromatic N) is 1. The van der Waals surface area contributed by atoms with Gasteiger partial charge in [0, 0.05) is 4.90 Å². The molecule has 0 bridgehead atoms. The van der Waals surface area contributed by atoms with E-state index in [4.69, 9.17) is 16.7 Å². The summed E-state index contributed by atoms with van der Waals surface area (Å²) in [6.45, 7) is -0.186. The Labute approximate surface area is 109 Å². The molecule has 0 aliphatic heterocycles. The van der Waals surface area contributed by atoms with Gasteiger partial charge in [0.15, 0.2) is 16.0 Å². The lowest BCUT2D eigenvalue weighted by atomic mass is 10.3. The highest BCUT2D eigenvalue weighted by molar-refractivity contribution is 8.01. The second-order valence-corrected chi connectivity index (χ2v) is 5.79. The van der Waals surface area contributed by atoms with Gasteiger partial charge in [0.1, 0.15) is 5.15 Å². The van der Waals surface area contributed by atoms with Crippen molar-refractivity contribution in [3.63, 3.8) is 0 Å². The molecular formula is C10H6ClF2NOS2. The minimum absolute atomic E-state index is 0.186. The van der Waals surface area contributed by atoms with Crippen LogP contribution in [-0.4, -0.2) is 10.1 Å². The minimum atomic E-state index is -0.903. The maximum Gasteiger partial charge on any atom is 0.159 e. The molecule has 1 aromatic heterocycles. The summed E-state index contributed by atoms with van der Waals surface area (Å²) < 4.78 is 26.2. The van der Waals surface area contributed by atoms with E-state index >= 15 is 0 Å². The van der Waals surface area contributed by atoms with E-state index < -0.39 is 11.6 Å². The van der Waals surface area contributed by atoms with Gasteiger partial charge in [-0.05, 0) is 18.2 Å². The fourth-order valence-corrected chi connectivity index (χ4v) is 3.39. The van der Waals surface area contributed by atoms with E-state index in [2.05, 4.69) is 4.98 Å². The fraction of sp³-hybridized carbons (Fsp3) is 0.100. The van der Waals surface area contributed by atoms with Gasteiger partial charge in [-0.15, -0.1) is 11.3 Å². The zero-order chi connectivity index (χ0) is 12.4. The van der Waals surface area contributed by atoms with E-state index in [0.29, 0.717) is 14.1 Å². The van der Waals surface area contributed by atoms with Gasteiger partial charge in [-0.25, -0.2) is 13.8 Å². The molecule has 0 fully saturated rings. The molecule has 0 saturated heterocycles. The fourth-order valence-electron chi connectivity index (χ4n) is 1.10. The number of aliphatic hydroxyl groups excluding tert-OH is 1. The summed E-state index contributed by atoms with van der Waals surface area (Å²) in [5.74, 6) is -1.79. The molecule has 1 heterocycles. The molecule has 0 spiro atoms. The molecule has 0 aliphatic carbocycles. The third-order valence-electron chi connectivity index (χ3n) is 1.87. The van der Waals surface area contributed by atoms with Gasteiger partial charge < -0.3 is 5.11 Å². The molecule has 90 valence electrons. The van der Waals surface area contributed by atoms with Crippen LogP contribution < -0.4 is 0 Å². The maximum absolute atomic E-state index is 13.0. The van der Waals surface area contributed by atoms with Crippen LogP contribution in [-0.2, 0) is 6.61 Å². The van der Waals surface area contributed by atoms with Crippen molar-refractivity contribution in [2.75, 3.05) is 0 Å². The largest absolute Gasteiger partial charge is 0.391 e. The molecule has 7 heteroatoms. The van der Waals surface area contributed by atoms with Crippen molar-refractivity contribution in [3.05, 3.63) is 39.9 Å². The number of benzene rings is 1. The normalized spacial score (nSPS) is 10.8. The zero-order valence-electron chi connectivity index (χ0n) is 8.28. The molecule has 2 rings (SSSR count). The average Bonchev–Trinajstić information content (AvgIpc) is 2.64. The lowest BCUT2D eigenvalue weighted by Crippen LogP contribution is -1.83. The van der Waals surface area contributed by atoms with Crippen LogP contribution in [0.5, 0.6) is 0 Å². The van der Waals surface area contributed by atoms with Gasteiger partial charge in [-0.3, -0.25) is 0 Å². The Morgan fingerprint density at radius 3 is 2.71 bits per heavy atom. The van der Waals surface area contributed by atoms with E-state index in [1.807, 2.05) is 0 Å². The van der Waals surface area contributed by atoms with Crippen molar-refractivity contribution in [2.45, 2.75) is 15.8 Å². The molecule has 0 amide bonds. The first-order valence-corrected chi connectivity index (χ1v) is 6.50. The molecule has 0 aliphatic rings. The van der Waals surface area contributed by atoms with Crippen LogP contribution >= 0.6 is 34.7 Å². The van der Waals surface area contributed by atoms with Gasteiger partial charge >= 0.3 is 0 Å². The Balaban J connectivity index is 2.22. The summed E-state index contributed by atoms with van der Waals surface area (Å²) in [5.41, 5.74) is 0. The molecule has 0 saturated carbocycles. The molecule has 1 N–H and O–H groups in total. The molecule has 0 atom stereocenters. The summed E-state index contributed by atoms with van der Waals surface area (Å²) in [4.78, 5) is 5.08. The first-order chi connectivity index (χ1) is 8.10. The zero-order valence-corrected chi connectivity index (χ0v) is 10.7. The molecular weight excluding hydrogens is 288 g/mol. The SMILES string of the molecule is OCc1sc(Sc2ccc(F)c(F)c2)nc1Cl. The Bertz CT molecular complexity index is 547.